The van der Waals surface area contributed by atoms with Crippen LogP contribution in [0, 0.1) is 0 Å². The van der Waals surface area contributed by atoms with Crippen molar-refractivity contribution in [2.45, 2.75) is 418 Å². The van der Waals surface area contributed by atoms with Crippen molar-refractivity contribution in [3.8, 4) is 0 Å². The van der Waals surface area contributed by atoms with Crippen LogP contribution in [0.15, 0.2) is 48.6 Å². The lowest BCUT2D eigenvalue weighted by Crippen LogP contribution is -2.45. The fourth-order valence-electron chi connectivity index (χ4n) is 11.6. The van der Waals surface area contributed by atoms with E-state index in [0.717, 1.165) is 51.4 Å². The molecule has 0 aromatic carbocycles. The molecule has 0 heterocycles. The molecule has 1 amide bonds. The summed E-state index contributed by atoms with van der Waals surface area (Å²) in [5.41, 5.74) is 0. The van der Waals surface area contributed by atoms with Gasteiger partial charge in [0, 0.05) is 12.8 Å². The molecule has 0 fully saturated rings. The molecule has 0 aromatic rings. The first-order valence-corrected chi connectivity index (χ1v) is 37.4. The van der Waals surface area contributed by atoms with E-state index in [9.17, 15) is 19.8 Å². The molecule has 83 heavy (non-hydrogen) atoms. The summed E-state index contributed by atoms with van der Waals surface area (Å²) in [6.45, 7) is 4.92. The van der Waals surface area contributed by atoms with Crippen LogP contribution in [0.3, 0.4) is 0 Å². The minimum Gasteiger partial charge on any atom is -0.466 e. The molecular weight excluding hydrogens is 1020 g/mol. The van der Waals surface area contributed by atoms with Crippen LogP contribution in [0.1, 0.15) is 406 Å². The Bertz CT molecular complexity index is 1390. The monoisotopic (exact) mass is 1160 g/mol. The summed E-state index contributed by atoms with van der Waals surface area (Å²) >= 11 is 0. The summed E-state index contributed by atoms with van der Waals surface area (Å²) in [7, 11) is 0. The molecule has 0 aliphatic carbocycles. The van der Waals surface area contributed by atoms with Crippen LogP contribution < -0.4 is 5.32 Å². The summed E-state index contributed by atoms with van der Waals surface area (Å²) in [6.07, 6.45) is 94.9. The molecule has 6 nitrogen and oxygen atoms in total. The van der Waals surface area contributed by atoms with Gasteiger partial charge in [0.25, 0.3) is 0 Å². The van der Waals surface area contributed by atoms with Gasteiger partial charge in [-0.25, -0.2) is 0 Å². The van der Waals surface area contributed by atoms with Gasteiger partial charge in [-0.3, -0.25) is 9.59 Å². The second-order valence-corrected chi connectivity index (χ2v) is 25.6. The molecule has 0 saturated carbocycles. The minimum atomic E-state index is -0.847. The summed E-state index contributed by atoms with van der Waals surface area (Å²) in [6, 6.07) is -0.631. The van der Waals surface area contributed by atoms with Crippen LogP contribution in [0.4, 0.5) is 0 Å². The fraction of sp³-hybridized carbons (Fsp3) is 0.870. The lowest BCUT2D eigenvalue weighted by Gasteiger charge is -2.20. The average molecular weight is 1170 g/mol. The van der Waals surface area contributed by atoms with Gasteiger partial charge >= 0.3 is 5.97 Å². The van der Waals surface area contributed by atoms with Gasteiger partial charge in [0.05, 0.1) is 25.4 Å². The number of ether oxygens (including phenoxy) is 1. The highest BCUT2D eigenvalue weighted by atomic mass is 16.5. The van der Waals surface area contributed by atoms with Crippen LogP contribution in [-0.4, -0.2) is 47.4 Å². The molecule has 0 aliphatic rings. The second kappa shape index (κ2) is 72.3. The Morgan fingerprint density at radius 3 is 0.940 bits per heavy atom. The third-order valence-electron chi connectivity index (χ3n) is 17.3. The molecule has 0 rings (SSSR count). The number of aliphatic hydroxyl groups is 2. The van der Waals surface area contributed by atoms with Crippen molar-refractivity contribution in [1.82, 2.24) is 5.32 Å². The van der Waals surface area contributed by atoms with E-state index in [0.29, 0.717) is 19.4 Å². The van der Waals surface area contributed by atoms with Crippen LogP contribution in [-0.2, 0) is 14.3 Å². The highest BCUT2D eigenvalue weighted by Gasteiger charge is 2.18. The van der Waals surface area contributed by atoms with E-state index < -0.39 is 12.1 Å². The quantitative estimate of drug-likeness (QED) is 0.0320. The van der Waals surface area contributed by atoms with E-state index in [1.54, 1.807) is 6.08 Å². The van der Waals surface area contributed by atoms with Crippen LogP contribution in [0.5, 0.6) is 0 Å². The summed E-state index contributed by atoms with van der Waals surface area (Å²) in [5, 5.41) is 23.3. The largest absolute Gasteiger partial charge is 0.466 e. The van der Waals surface area contributed by atoms with Crippen molar-refractivity contribution in [2.24, 2.45) is 0 Å². The second-order valence-electron chi connectivity index (χ2n) is 25.6. The molecular formula is C77H145NO5. The number of esters is 1. The number of allylic oxidation sites excluding steroid dienone is 7. The number of rotatable bonds is 70. The van der Waals surface area contributed by atoms with Crippen molar-refractivity contribution >= 4 is 11.9 Å². The van der Waals surface area contributed by atoms with Gasteiger partial charge in [0.2, 0.25) is 5.91 Å². The number of nitrogens with one attached hydrogen (secondary N) is 1. The zero-order valence-corrected chi connectivity index (χ0v) is 55.9. The standard InChI is InChI=1S/C77H145NO5/c1-3-5-7-9-11-13-15-17-19-21-22-23-29-32-35-38-41-45-49-53-57-61-65-69-75(80)74(73-79)78-76(81)70-66-62-58-54-50-46-42-39-36-33-30-27-25-24-26-28-31-34-37-40-44-48-52-56-60-64-68-72-83-77(82)71-67-63-59-55-51-47-43-20-18-16-14-12-10-8-6-4-2/h14,16,20,24-25,43,65,69,74-75,79-80H,3-13,15,17-19,21-23,26-42,44-64,66-68,70-73H2,1-2H3,(H,78,81)/b16-14-,25-24-,43-20-,69-65+. The maximum atomic E-state index is 12.5. The molecule has 0 radical (unpaired) electrons. The van der Waals surface area contributed by atoms with Gasteiger partial charge in [0.1, 0.15) is 0 Å². The van der Waals surface area contributed by atoms with Crippen LogP contribution >= 0.6 is 0 Å². The number of aliphatic hydroxyl groups excluding tert-OH is 2. The van der Waals surface area contributed by atoms with Crippen molar-refractivity contribution in [1.29, 1.82) is 0 Å². The third kappa shape index (κ3) is 68.8. The van der Waals surface area contributed by atoms with Gasteiger partial charge in [-0.15, -0.1) is 0 Å². The van der Waals surface area contributed by atoms with Gasteiger partial charge in [-0.1, -0.05) is 351 Å². The van der Waals surface area contributed by atoms with E-state index in [2.05, 4.69) is 55.6 Å². The Balaban J connectivity index is 3.42. The number of amides is 1. The van der Waals surface area contributed by atoms with Crippen molar-refractivity contribution < 1.29 is 24.5 Å². The Morgan fingerprint density at radius 2 is 0.602 bits per heavy atom. The van der Waals surface area contributed by atoms with E-state index in [1.807, 2.05) is 6.08 Å². The third-order valence-corrected chi connectivity index (χ3v) is 17.3. The van der Waals surface area contributed by atoms with Crippen molar-refractivity contribution in [2.75, 3.05) is 13.2 Å². The molecule has 0 spiro atoms. The number of carbonyl (C=O) groups is 2. The number of hydrogen-bond donors (Lipinski definition) is 3. The highest BCUT2D eigenvalue weighted by molar-refractivity contribution is 5.76. The first-order chi connectivity index (χ1) is 41.0. The van der Waals surface area contributed by atoms with E-state index in [4.69, 9.17) is 4.74 Å². The molecule has 6 heteroatoms. The first-order valence-electron chi connectivity index (χ1n) is 37.4. The molecule has 2 unspecified atom stereocenters. The zero-order valence-electron chi connectivity index (χ0n) is 55.9. The lowest BCUT2D eigenvalue weighted by atomic mass is 10.0. The first kappa shape index (κ1) is 80.8. The van der Waals surface area contributed by atoms with Crippen molar-refractivity contribution in [3.05, 3.63) is 48.6 Å². The molecule has 3 N–H and O–H groups in total. The Morgan fingerprint density at radius 1 is 0.337 bits per heavy atom. The predicted molar refractivity (Wildman–Crippen MR) is 366 cm³/mol. The van der Waals surface area contributed by atoms with E-state index >= 15 is 0 Å². The maximum Gasteiger partial charge on any atom is 0.305 e. The molecule has 0 saturated heterocycles. The molecule has 2 atom stereocenters. The Hall–Kier alpha value is -2.18. The van der Waals surface area contributed by atoms with Gasteiger partial charge in [-0.2, -0.15) is 0 Å². The number of carbonyl (C=O) groups excluding carboxylic acids is 2. The van der Waals surface area contributed by atoms with Gasteiger partial charge in [-0.05, 0) is 89.9 Å². The van der Waals surface area contributed by atoms with Gasteiger partial charge in [0.15, 0.2) is 0 Å². The predicted octanol–water partition coefficient (Wildman–Crippen LogP) is 24.4. The molecule has 0 aliphatic heterocycles. The van der Waals surface area contributed by atoms with E-state index in [-0.39, 0.29) is 18.5 Å². The maximum absolute atomic E-state index is 12.5. The molecule has 488 valence electrons. The van der Waals surface area contributed by atoms with Crippen LogP contribution in [0.25, 0.3) is 0 Å². The smallest absolute Gasteiger partial charge is 0.305 e. The average Bonchev–Trinajstić information content (AvgIpc) is 3.49. The summed E-state index contributed by atoms with van der Waals surface area (Å²) in [5.74, 6) is -0.0635. The van der Waals surface area contributed by atoms with Crippen LogP contribution in [0.2, 0.25) is 0 Å². The SMILES string of the molecule is CCCCCC/C=C\C/C=C\CCCCCCCC(=O)OCCCCCCCCCCCCCC/C=C\CCCCCCCCCCCCCC(=O)NC(CO)C(O)/C=C/CCCCCCCCCCCCCCCCCCCCCCC. The number of unbranched alkanes of at least 4 members (excludes halogenated alkanes) is 53. The fourth-order valence-corrected chi connectivity index (χ4v) is 11.6. The molecule has 0 aromatic heterocycles. The topological polar surface area (TPSA) is 95.9 Å². The summed E-state index contributed by atoms with van der Waals surface area (Å²) < 4.78 is 5.49. The van der Waals surface area contributed by atoms with E-state index in [1.165, 1.54) is 327 Å². The molecule has 0 bridgehead atoms. The zero-order chi connectivity index (χ0) is 59.9. The minimum absolute atomic E-state index is 0.00161. The van der Waals surface area contributed by atoms with Gasteiger partial charge < -0.3 is 20.3 Å². The lowest BCUT2D eigenvalue weighted by molar-refractivity contribution is -0.143. The Kier molecular flexibility index (Phi) is 70.4. The Labute approximate surface area is 518 Å². The van der Waals surface area contributed by atoms with Crippen molar-refractivity contribution in [3.63, 3.8) is 0 Å². The summed E-state index contributed by atoms with van der Waals surface area (Å²) in [4.78, 5) is 24.6. The highest BCUT2D eigenvalue weighted by Crippen LogP contribution is 2.19. The normalized spacial score (nSPS) is 12.8. The number of hydrogen-bond acceptors (Lipinski definition) is 5.